The number of carbonyl (C=O) groups is 1. The smallest absolute Gasteiger partial charge is 0.173 e. The first-order valence-corrected chi connectivity index (χ1v) is 7.04. The maximum absolute atomic E-state index is 11.9. The summed E-state index contributed by atoms with van der Waals surface area (Å²) in [5, 5.41) is 10.3. The van der Waals surface area contributed by atoms with Gasteiger partial charge in [-0.15, -0.1) is 11.3 Å². The number of ether oxygens (including phenoxy) is 1. The molecule has 0 N–H and O–H groups in total. The molecule has 2 aliphatic rings. The van der Waals surface area contributed by atoms with Crippen molar-refractivity contribution in [3.63, 3.8) is 0 Å². The molecule has 0 atom stereocenters. The van der Waals surface area contributed by atoms with Crippen molar-refractivity contribution < 1.29 is 9.53 Å². The number of thiophene rings is 1. The van der Waals surface area contributed by atoms with Crippen LogP contribution in [0.15, 0.2) is 0 Å². The number of carbonyl (C=O) groups excluding carboxylic acids is 1. The van der Waals surface area contributed by atoms with E-state index in [4.69, 9.17) is 4.74 Å². The Labute approximate surface area is 110 Å². The lowest BCUT2D eigenvalue weighted by Crippen LogP contribution is -2.36. The molecule has 1 aromatic rings. The van der Waals surface area contributed by atoms with Crippen LogP contribution < -0.4 is 4.90 Å². The van der Waals surface area contributed by atoms with Gasteiger partial charge in [-0.1, -0.05) is 0 Å². The summed E-state index contributed by atoms with van der Waals surface area (Å²) in [5.74, 6) is 0.206. The number of nitrogens with zero attached hydrogens (tertiary/aromatic N) is 2. The molecule has 0 radical (unpaired) electrons. The fraction of sp³-hybridized carbons (Fsp3) is 0.538. The number of ketones is 1. The van der Waals surface area contributed by atoms with E-state index >= 15 is 0 Å². The molecule has 1 fully saturated rings. The van der Waals surface area contributed by atoms with Crippen molar-refractivity contribution in [3.8, 4) is 6.07 Å². The highest BCUT2D eigenvalue weighted by molar-refractivity contribution is 7.18. The number of anilines is 1. The molecular weight excluding hydrogens is 248 g/mol. The van der Waals surface area contributed by atoms with Crippen LogP contribution in [0.2, 0.25) is 0 Å². The standard InChI is InChI=1S/C13H14N2O2S/c14-8-10-9-2-1-3-11(16)12(9)18-13(10)15-4-6-17-7-5-15/h1-7H2. The number of morpholine rings is 1. The van der Waals surface area contributed by atoms with Gasteiger partial charge in [0.05, 0.1) is 23.7 Å². The van der Waals surface area contributed by atoms with Gasteiger partial charge in [-0.05, 0) is 18.4 Å². The zero-order chi connectivity index (χ0) is 12.5. The van der Waals surface area contributed by atoms with E-state index in [9.17, 15) is 10.1 Å². The first-order chi connectivity index (χ1) is 8.81. The third-order valence-electron chi connectivity index (χ3n) is 3.48. The molecule has 0 bridgehead atoms. The van der Waals surface area contributed by atoms with E-state index < -0.39 is 0 Å². The van der Waals surface area contributed by atoms with Crippen LogP contribution in [0.4, 0.5) is 5.00 Å². The largest absolute Gasteiger partial charge is 0.378 e. The summed E-state index contributed by atoms with van der Waals surface area (Å²) in [6, 6.07) is 2.30. The predicted octanol–water partition coefficient (Wildman–Crippen LogP) is 1.98. The average Bonchev–Trinajstić information content (AvgIpc) is 2.80. The molecule has 0 unspecified atom stereocenters. The highest BCUT2D eigenvalue weighted by Crippen LogP contribution is 2.39. The quantitative estimate of drug-likeness (QED) is 0.776. The van der Waals surface area contributed by atoms with Crippen molar-refractivity contribution in [2.45, 2.75) is 19.3 Å². The molecule has 5 heteroatoms. The maximum Gasteiger partial charge on any atom is 0.173 e. The van der Waals surface area contributed by atoms with Gasteiger partial charge in [0, 0.05) is 19.5 Å². The van der Waals surface area contributed by atoms with E-state index in [2.05, 4.69) is 11.0 Å². The minimum atomic E-state index is 0.206. The van der Waals surface area contributed by atoms with E-state index in [0.717, 1.165) is 46.9 Å². The van der Waals surface area contributed by atoms with Gasteiger partial charge in [-0.25, -0.2) is 0 Å². The first-order valence-electron chi connectivity index (χ1n) is 6.23. The summed E-state index contributed by atoms with van der Waals surface area (Å²) in [4.78, 5) is 14.9. The van der Waals surface area contributed by atoms with Gasteiger partial charge in [0.2, 0.25) is 0 Å². The molecule has 0 spiro atoms. The normalized spacial score (nSPS) is 19.5. The average molecular weight is 262 g/mol. The summed E-state index contributed by atoms with van der Waals surface area (Å²) < 4.78 is 5.33. The Bertz CT molecular complexity index is 524. The number of nitriles is 1. The summed E-state index contributed by atoms with van der Waals surface area (Å²) in [5.41, 5.74) is 1.71. The highest BCUT2D eigenvalue weighted by atomic mass is 32.1. The van der Waals surface area contributed by atoms with Gasteiger partial charge in [0.1, 0.15) is 11.1 Å². The topological polar surface area (TPSA) is 53.3 Å². The van der Waals surface area contributed by atoms with E-state index in [1.165, 1.54) is 11.3 Å². The number of Topliss-reactive ketones (excluding diaryl/α,β-unsaturated/α-hetero) is 1. The van der Waals surface area contributed by atoms with Crippen LogP contribution in [0.1, 0.15) is 33.6 Å². The van der Waals surface area contributed by atoms with Crippen molar-refractivity contribution in [3.05, 3.63) is 16.0 Å². The van der Waals surface area contributed by atoms with Crippen LogP contribution in [0, 0.1) is 11.3 Å². The van der Waals surface area contributed by atoms with Crippen molar-refractivity contribution in [1.29, 1.82) is 5.26 Å². The minimum absolute atomic E-state index is 0.206. The Morgan fingerprint density at radius 1 is 1.28 bits per heavy atom. The van der Waals surface area contributed by atoms with E-state index in [0.29, 0.717) is 19.6 Å². The van der Waals surface area contributed by atoms with Crippen LogP contribution in [0.3, 0.4) is 0 Å². The Hall–Kier alpha value is -1.38. The molecule has 1 aromatic heterocycles. The molecule has 18 heavy (non-hydrogen) atoms. The van der Waals surface area contributed by atoms with Crippen LogP contribution >= 0.6 is 11.3 Å². The monoisotopic (exact) mass is 262 g/mol. The molecule has 4 nitrogen and oxygen atoms in total. The number of rotatable bonds is 1. The lowest BCUT2D eigenvalue weighted by atomic mass is 9.95. The molecule has 3 rings (SSSR count). The molecule has 94 valence electrons. The molecule has 0 saturated carbocycles. The molecule has 0 aromatic carbocycles. The Morgan fingerprint density at radius 2 is 2.06 bits per heavy atom. The number of hydrogen-bond acceptors (Lipinski definition) is 5. The van der Waals surface area contributed by atoms with Gasteiger partial charge >= 0.3 is 0 Å². The Balaban J connectivity index is 2.04. The molecule has 2 heterocycles. The van der Waals surface area contributed by atoms with Gasteiger partial charge in [0.15, 0.2) is 5.78 Å². The zero-order valence-corrected chi connectivity index (χ0v) is 10.9. The summed E-state index contributed by atoms with van der Waals surface area (Å²) in [6.45, 7) is 3.01. The van der Waals surface area contributed by atoms with Crippen LogP contribution in [-0.4, -0.2) is 32.1 Å². The second-order valence-electron chi connectivity index (χ2n) is 4.58. The molecule has 1 aliphatic carbocycles. The van der Waals surface area contributed by atoms with Crippen molar-refractivity contribution in [2.24, 2.45) is 0 Å². The van der Waals surface area contributed by atoms with Gasteiger partial charge < -0.3 is 9.64 Å². The Morgan fingerprint density at radius 3 is 2.78 bits per heavy atom. The minimum Gasteiger partial charge on any atom is -0.378 e. The lowest BCUT2D eigenvalue weighted by Gasteiger charge is -2.27. The summed E-state index contributed by atoms with van der Waals surface area (Å²) in [7, 11) is 0. The molecule has 1 aliphatic heterocycles. The third kappa shape index (κ3) is 1.82. The SMILES string of the molecule is N#Cc1c(N2CCOCC2)sc2c1CCCC2=O. The van der Waals surface area contributed by atoms with Gasteiger partial charge in [-0.2, -0.15) is 5.26 Å². The van der Waals surface area contributed by atoms with E-state index in [-0.39, 0.29) is 5.78 Å². The predicted molar refractivity (Wildman–Crippen MR) is 69.3 cm³/mol. The van der Waals surface area contributed by atoms with Crippen molar-refractivity contribution >= 4 is 22.1 Å². The summed E-state index contributed by atoms with van der Waals surface area (Å²) in [6.07, 6.45) is 2.37. The van der Waals surface area contributed by atoms with Crippen LogP contribution in [0.5, 0.6) is 0 Å². The van der Waals surface area contributed by atoms with Gasteiger partial charge in [-0.3, -0.25) is 4.79 Å². The lowest BCUT2D eigenvalue weighted by molar-refractivity contribution is 0.0977. The zero-order valence-electron chi connectivity index (χ0n) is 10.1. The highest BCUT2D eigenvalue weighted by Gasteiger charge is 2.28. The van der Waals surface area contributed by atoms with Gasteiger partial charge in [0.25, 0.3) is 0 Å². The van der Waals surface area contributed by atoms with Crippen molar-refractivity contribution in [2.75, 3.05) is 31.2 Å². The second-order valence-corrected chi connectivity index (χ2v) is 5.58. The molecule has 0 amide bonds. The van der Waals surface area contributed by atoms with E-state index in [1.807, 2.05) is 0 Å². The Kier molecular flexibility index (Phi) is 3.06. The first kappa shape index (κ1) is 11.7. The van der Waals surface area contributed by atoms with Crippen molar-refractivity contribution in [1.82, 2.24) is 0 Å². The maximum atomic E-state index is 11.9. The fourth-order valence-electron chi connectivity index (χ4n) is 2.56. The van der Waals surface area contributed by atoms with Crippen LogP contribution in [0.25, 0.3) is 0 Å². The number of fused-ring (bicyclic) bond motifs is 1. The third-order valence-corrected chi connectivity index (χ3v) is 4.82. The van der Waals surface area contributed by atoms with E-state index in [1.54, 1.807) is 0 Å². The fourth-order valence-corrected chi connectivity index (χ4v) is 3.88. The van der Waals surface area contributed by atoms with Crippen LogP contribution in [-0.2, 0) is 11.2 Å². The second kappa shape index (κ2) is 4.71. The summed E-state index contributed by atoms with van der Waals surface area (Å²) >= 11 is 1.50. The molecular formula is C13H14N2O2S. The number of hydrogen-bond donors (Lipinski definition) is 0. The molecule has 1 saturated heterocycles.